The number of phenolic OH excluding ortho intramolecular Hbond substituents is 1. The Labute approximate surface area is 93.6 Å². The minimum Gasteiger partial charge on any atom is -0.508 e. The van der Waals surface area contributed by atoms with E-state index >= 15 is 0 Å². The summed E-state index contributed by atoms with van der Waals surface area (Å²) in [5.74, 6) is 0.241. The largest absolute Gasteiger partial charge is 0.508 e. The Bertz CT molecular complexity index is 509. The van der Waals surface area contributed by atoms with Gasteiger partial charge in [0.05, 0.1) is 11.6 Å². The minimum atomic E-state index is 0.241. The molecule has 0 heterocycles. The van der Waals surface area contributed by atoms with E-state index in [9.17, 15) is 0 Å². The molecule has 0 saturated carbocycles. The zero-order chi connectivity index (χ0) is 11.4. The summed E-state index contributed by atoms with van der Waals surface area (Å²) in [4.78, 5) is 0. The van der Waals surface area contributed by atoms with E-state index in [1.54, 1.807) is 36.4 Å². The highest BCUT2D eigenvalue weighted by Gasteiger charge is 1.95. The zero-order valence-corrected chi connectivity index (χ0v) is 8.51. The Kier molecular flexibility index (Phi) is 2.75. The predicted molar refractivity (Wildman–Crippen MR) is 62.5 cm³/mol. The number of hydrogen-bond donors (Lipinski definition) is 2. The molecule has 2 N–H and O–H groups in total. The molecule has 0 amide bonds. The zero-order valence-electron chi connectivity index (χ0n) is 8.51. The lowest BCUT2D eigenvalue weighted by Crippen LogP contribution is -1.89. The summed E-state index contributed by atoms with van der Waals surface area (Å²) in [6.07, 6.45) is 0. The van der Waals surface area contributed by atoms with Gasteiger partial charge in [0.1, 0.15) is 5.75 Å². The lowest BCUT2D eigenvalue weighted by Gasteiger charge is -2.05. The number of anilines is 2. The number of phenols is 1. The molecule has 0 unspecified atom stereocenters. The van der Waals surface area contributed by atoms with Crippen LogP contribution in [0.25, 0.3) is 0 Å². The van der Waals surface area contributed by atoms with Gasteiger partial charge in [-0.1, -0.05) is 0 Å². The van der Waals surface area contributed by atoms with E-state index in [2.05, 4.69) is 11.4 Å². The van der Waals surface area contributed by atoms with Crippen LogP contribution in [0.2, 0.25) is 0 Å². The monoisotopic (exact) mass is 210 g/mol. The van der Waals surface area contributed by atoms with Gasteiger partial charge in [0, 0.05) is 11.4 Å². The maximum atomic E-state index is 9.13. The molecule has 2 aromatic rings. The smallest absolute Gasteiger partial charge is 0.115 e. The average molecular weight is 210 g/mol. The summed E-state index contributed by atoms with van der Waals surface area (Å²) in [5.41, 5.74) is 2.43. The average Bonchev–Trinajstić information content (AvgIpc) is 2.33. The van der Waals surface area contributed by atoms with Gasteiger partial charge in [0.25, 0.3) is 0 Å². The standard InChI is InChI=1S/C13H10N2O/c14-9-10-1-3-11(4-2-10)15-12-5-7-13(16)8-6-12/h1-8,15-16H. The first-order valence-electron chi connectivity index (χ1n) is 4.84. The highest BCUT2D eigenvalue weighted by molar-refractivity contribution is 5.60. The number of aromatic hydroxyl groups is 1. The van der Waals surface area contributed by atoms with Crippen LogP contribution in [0.3, 0.4) is 0 Å². The van der Waals surface area contributed by atoms with Crippen molar-refractivity contribution < 1.29 is 5.11 Å². The Morgan fingerprint density at radius 3 is 1.88 bits per heavy atom. The number of rotatable bonds is 2. The second-order valence-electron chi connectivity index (χ2n) is 3.36. The van der Waals surface area contributed by atoms with Crippen molar-refractivity contribution in [2.24, 2.45) is 0 Å². The van der Waals surface area contributed by atoms with E-state index in [1.165, 1.54) is 0 Å². The molecule has 16 heavy (non-hydrogen) atoms. The van der Waals surface area contributed by atoms with Crippen molar-refractivity contribution in [1.82, 2.24) is 0 Å². The summed E-state index contributed by atoms with van der Waals surface area (Å²) in [6, 6.07) is 16.1. The van der Waals surface area contributed by atoms with E-state index in [0.717, 1.165) is 11.4 Å². The van der Waals surface area contributed by atoms with Gasteiger partial charge in [-0.25, -0.2) is 0 Å². The molecule has 0 aromatic heterocycles. The van der Waals surface area contributed by atoms with Crippen molar-refractivity contribution in [3.05, 3.63) is 54.1 Å². The molecule has 0 aliphatic rings. The van der Waals surface area contributed by atoms with Crippen molar-refractivity contribution in [1.29, 1.82) is 5.26 Å². The fraction of sp³-hybridized carbons (Fsp3) is 0. The van der Waals surface area contributed by atoms with Gasteiger partial charge < -0.3 is 10.4 Å². The Morgan fingerprint density at radius 2 is 1.38 bits per heavy atom. The Hall–Kier alpha value is -2.47. The van der Waals surface area contributed by atoms with E-state index in [-0.39, 0.29) is 5.75 Å². The quantitative estimate of drug-likeness (QED) is 0.749. The molecule has 0 bridgehead atoms. The highest BCUT2D eigenvalue weighted by Crippen LogP contribution is 2.19. The predicted octanol–water partition coefficient (Wildman–Crippen LogP) is 3.01. The van der Waals surface area contributed by atoms with Gasteiger partial charge in [0.15, 0.2) is 0 Å². The molecule has 0 aliphatic heterocycles. The van der Waals surface area contributed by atoms with E-state index < -0.39 is 0 Å². The summed E-state index contributed by atoms with van der Waals surface area (Å²) >= 11 is 0. The van der Waals surface area contributed by atoms with E-state index in [4.69, 9.17) is 10.4 Å². The summed E-state index contributed by atoms with van der Waals surface area (Å²) in [5, 5.41) is 20.9. The summed E-state index contributed by atoms with van der Waals surface area (Å²) in [6.45, 7) is 0. The number of benzene rings is 2. The number of hydrogen-bond acceptors (Lipinski definition) is 3. The minimum absolute atomic E-state index is 0.241. The molecule has 0 atom stereocenters. The lowest BCUT2D eigenvalue weighted by atomic mass is 10.2. The van der Waals surface area contributed by atoms with Gasteiger partial charge >= 0.3 is 0 Å². The molecule has 0 fully saturated rings. The lowest BCUT2D eigenvalue weighted by molar-refractivity contribution is 0.475. The van der Waals surface area contributed by atoms with E-state index in [0.29, 0.717) is 5.56 Å². The summed E-state index contributed by atoms with van der Waals surface area (Å²) in [7, 11) is 0. The first-order valence-corrected chi connectivity index (χ1v) is 4.84. The van der Waals surface area contributed by atoms with Crippen LogP contribution in [0.5, 0.6) is 5.75 Å². The van der Waals surface area contributed by atoms with Crippen LogP contribution in [-0.4, -0.2) is 5.11 Å². The third kappa shape index (κ3) is 2.31. The molecular formula is C13H10N2O. The molecule has 78 valence electrons. The van der Waals surface area contributed by atoms with E-state index in [1.807, 2.05) is 12.1 Å². The number of nitrogens with zero attached hydrogens (tertiary/aromatic N) is 1. The Balaban J connectivity index is 2.15. The molecular weight excluding hydrogens is 200 g/mol. The van der Waals surface area contributed by atoms with Gasteiger partial charge in [-0.2, -0.15) is 5.26 Å². The fourth-order valence-electron chi connectivity index (χ4n) is 1.34. The first kappa shape index (κ1) is 10.1. The molecule has 0 radical (unpaired) electrons. The van der Waals surface area contributed by atoms with Crippen molar-refractivity contribution in [2.75, 3.05) is 5.32 Å². The second kappa shape index (κ2) is 4.37. The van der Waals surface area contributed by atoms with Crippen LogP contribution >= 0.6 is 0 Å². The Morgan fingerprint density at radius 1 is 0.875 bits per heavy atom. The molecule has 0 aliphatic carbocycles. The summed E-state index contributed by atoms with van der Waals surface area (Å²) < 4.78 is 0. The second-order valence-corrected chi connectivity index (χ2v) is 3.36. The first-order chi connectivity index (χ1) is 7.78. The van der Waals surface area contributed by atoms with Crippen LogP contribution in [0.4, 0.5) is 11.4 Å². The molecule has 2 aromatic carbocycles. The maximum Gasteiger partial charge on any atom is 0.115 e. The SMILES string of the molecule is N#Cc1ccc(Nc2ccc(O)cc2)cc1. The fourth-order valence-corrected chi connectivity index (χ4v) is 1.34. The normalized spacial score (nSPS) is 9.44. The molecule has 3 nitrogen and oxygen atoms in total. The third-order valence-electron chi connectivity index (χ3n) is 2.17. The maximum absolute atomic E-state index is 9.13. The number of nitrogens with one attached hydrogen (secondary N) is 1. The van der Waals surface area contributed by atoms with Crippen molar-refractivity contribution in [3.63, 3.8) is 0 Å². The topological polar surface area (TPSA) is 56.0 Å². The van der Waals surface area contributed by atoms with Crippen molar-refractivity contribution >= 4 is 11.4 Å². The van der Waals surface area contributed by atoms with Crippen LogP contribution in [0, 0.1) is 11.3 Å². The molecule has 3 heteroatoms. The number of nitriles is 1. The van der Waals surface area contributed by atoms with Gasteiger partial charge in [-0.05, 0) is 48.5 Å². The van der Waals surface area contributed by atoms with Gasteiger partial charge in [-0.15, -0.1) is 0 Å². The van der Waals surface area contributed by atoms with Crippen LogP contribution in [-0.2, 0) is 0 Å². The van der Waals surface area contributed by atoms with Crippen molar-refractivity contribution in [2.45, 2.75) is 0 Å². The molecule has 0 saturated heterocycles. The van der Waals surface area contributed by atoms with Crippen LogP contribution < -0.4 is 5.32 Å². The highest BCUT2D eigenvalue weighted by atomic mass is 16.3. The van der Waals surface area contributed by atoms with Crippen LogP contribution in [0.1, 0.15) is 5.56 Å². The van der Waals surface area contributed by atoms with Gasteiger partial charge in [-0.3, -0.25) is 0 Å². The molecule has 2 rings (SSSR count). The van der Waals surface area contributed by atoms with Gasteiger partial charge in [0.2, 0.25) is 0 Å². The van der Waals surface area contributed by atoms with Crippen molar-refractivity contribution in [3.8, 4) is 11.8 Å². The molecule has 0 spiro atoms. The van der Waals surface area contributed by atoms with Crippen LogP contribution in [0.15, 0.2) is 48.5 Å². The third-order valence-corrected chi connectivity index (χ3v) is 2.17.